The van der Waals surface area contributed by atoms with E-state index in [-0.39, 0.29) is 10.8 Å². The minimum Gasteiger partial charge on any atom is -0.321 e. The van der Waals surface area contributed by atoms with Gasteiger partial charge >= 0.3 is 0 Å². The molecule has 2 aromatic rings. The van der Waals surface area contributed by atoms with Crippen molar-refractivity contribution in [1.82, 2.24) is 0 Å². The van der Waals surface area contributed by atoms with Gasteiger partial charge in [-0.15, -0.1) is 11.8 Å². The minimum absolute atomic E-state index is 0.155. The number of carbonyl (C=O) groups excluding carboxylic acids is 1. The molecule has 0 bridgehead atoms. The number of rotatable bonds is 5. The van der Waals surface area contributed by atoms with E-state index in [0.29, 0.717) is 10.8 Å². The lowest BCUT2D eigenvalue weighted by Crippen LogP contribution is -2.15. The van der Waals surface area contributed by atoms with Gasteiger partial charge in [-0.1, -0.05) is 31.0 Å². The van der Waals surface area contributed by atoms with E-state index in [1.807, 2.05) is 36.0 Å². The molecule has 0 heterocycles. The highest BCUT2D eigenvalue weighted by atomic mass is 32.2. The van der Waals surface area contributed by atoms with Crippen molar-refractivity contribution >= 4 is 33.2 Å². The third-order valence-corrected chi connectivity index (χ3v) is 7.14. The molecule has 1 amide bonds. The Morgan fingerprint density at radius 3 is 2.50 bits per heavy atom. The van der Waals surface area contributed by atoms with Crippen LogP contribution >= 0.6 is 11.8 Å². The molecule has 2 aromatic carbocycles. The molecule has 1 N–H and O–H groups in total. The van der Waals surface area contributed by atoms with Gasteiger partial charge in [-0.05, 0) is 49.6 Å². The number of aryl methyl sites for hydroxylation is 1. The average molecular weight is 390 g/mol. The fourth-order valence-corrected chi connectivity index (χ4v) is 5.10. The van der Waals surface area contributed by atoms with E-state index in [4.69, 9.17) is 0 Å². The summed E-state index contributed by atoms with van der Waals surface area (Å²) >= 11 is 1.82. The molecule has 1 fully saturated rings. The normalized spacial score (nSPS) is 15.2. The monoisotopic (exact) mass is 389 g/mol. The Morgan fingerprint density at radius 2 is 1.81 bits per heavy atom. The molecule has 26 heavy (non-hydrogen) atoms. The van der Waals surface area contributed by atoms with Crippen LogP contribution in [0.25, 0.3) is 0 Å². The molecule has 0 saturated heterocycles. The third kappa shape index (κ3) is 4.48. The Labute approximate surface area is 159 Å². The van der Waals surface area contributed by atoms with E-state index >= 15 is 0 Å². The summed E-state index contributed by atoms with van der Waals surface area (Å²) in [6.07, 6.45) is 6.10. The summed E-state index contributed by atoms with van der Waals surface area (Å²) in [7, 11) is -3.36. The predicted molar refractivity (Wildman–Crippen MR) is 107 cm³/mol. The molecule has 0 aliphatic heterocycles. The Kier molecular flexibility index (Phi) is 5.73. The Balaban J connectivity index is 1.84. The standard InChI is InChI=1S/C20H23NO3S2/c1-14-11-12-16(26(2,23)24)13-17(14)20(22)21-18-9-5-6-10-19(18)25-15-7-3-4-8-15/h5-6,9-13,15H,3-4,7-8H2,1-2H3,(H,21,22). The van der Waals surface area contributed by atoms with Crippen molar-refractivity contribution in [3.05, 3.63) is 53.6 Å². The number of para-hydroxylation sites is 1. The summed E-state index contributed by atoms with van der Waals surface area (Å²) in [5, 5.41) is 3.57. The van der Waals surface area contributed by atoms with E-state index < -0.39 is 9.84 Å². The molecule has 1 saturated carbocycles. The predicted octanol–water partition coefficient (Wildman–Crippen LogP) is 4.69. The van der Waals surface area contributed by atoms with Gasteiger partial charge in [0.25, 0.3) is 5.91 Å². The molecule has 4 nitrogen and oxygen atoms in total. The van der Waals surface area contributed by atoms with E-state index in [0.717, 1.165) is 22.4 Å². The molecule has 1 aliphatic carbocycles. The van der Waals surface area contributed by atoms with Gasteiger partial charge < -0.3 is 5.32 Å². The molecular formula is C20H23NO3S2. The van der Waals surface area contributed by atoms with Crippen LogP contribution in [0.5, 0.6) is 0 Å². The summed E-state index contributed by atoms with van der Waals surface area (Å²) in [6.45, 7) is 1.81. The number of hydrogen-bond donors (Lipinski definition) is 1. The van der Waals surface area contributed by atoms with E-state index in [2.05, 4.69) is 5.32 Å². The van der Waals surface area contributed by atoms with Crippen molar-refractivity contribution in [1.29, 1.82) is 0 Å². The molecular weight excluding hydrogens is 366 g/mol. The second-order valence-electron chi connectivity index (χ2n) is 6.72. The lowest BCUT2D eigenvalue weighted by Gasteiger charge is -2.15. The molecule has 0 atom stereocenters. The zero-order valence-corrected chi connectivity index (χ0v) is 16.6. The van der Waals surface area contributed by atoms with Gasteiger partial charge in [0, 0.05) is 22.0 Å². The molecule has 3 rings (SSSR count). The first-order valence-electron chi connectivity index (χ1n) is 8.72. The molecule has 138 valence electrons. The van der Waals surface area contributed by atoms with Crippen LogP contribution < -0.4 is 5.32 Å². The number of hydrogen-bond acceptors (Lipinski definition) is 4. The maximum atomic E-state index is 12.8. The van der Waals surface area contributed by atoms with Crippen LogP contribution in [0, 0.1) is 6.92 Å². The highest BCUT2D eigenvalue weighted by molar-refractivity contribution is 8.00. The summed E-state index contributed by atoms with van der Waals surface area (Å²) < 4.78 is 23.6. The van der Waals surface area contributed by atoms with Gasteiger partial charge in [0.05, 0.1) is 10.6 Å². The summed E-state index contributed by atoms with van der Waals surface area (Å²) in [6, 6.07) is 12.4. The van der Waals surface area contributed by atoms with Crippen molar-refractivity contribution in [3.63, 3.8) is 0 Å². The van der Waals surface area contributed by atoms with Crippen LogP contribution in [0.2, 0.25) is 0 Å². The average Bonchev–Trinajstić information content (AvgIpc) is 3.09. The van der Waals surface area contributed by atoms with E-state index in [1.54, 1.807) is 13.0 Å². The maximum absolute atomic E-state index is 12.8. The van der Waals surface area contributed by atoms with Crippen molar-refractivity contribution in [2.45, 2.75) is 47.6 Å². The van der Waals surface area contributed by atoms with Gasteiger partial charge in [0.2, 0.25) is 0 Å². The highest BCUT2D eigenvalue weighted by Crippen LogP contribution is 2.38. The number of sulfone groups is 1. The molecule has 0 radical (unpaired) electrons. The van der Waals surface area contributed by atoms with Crippen LogP contribution in [0.15, 0.2) is 52.3 Å². The van der Waals surface area contributed by atoms with Gasteiger partial charge in [-0.3, -0.25) is 4.79 Å². The minimum atomic E-state index is -3.36. The molecule has 6 heteroatoms. The van der Waals surface area contributed by atoms with Crippen molar-refractivity contribution in [2.75, 3.05) is 11.6 Å². The van der Waals surface area contributed by atoms with Gasteiger partial charge in [0.1, 0.15) is 0 Å². The number of nitrogens with one attached hydrogen (secondary N) is 1. The summed E-state index contributed by atoms with van der Waals surface area (Å²) in [4.78, 5) is 14.0. The van der Waals surface area contributed by atoms with Gasteiger partial charge in [-0.2, -0.15) is 0 Å². The molecule has 0 spiro atoms. The van der Waals surface area contributed by atoms with Crippen LogP contribution in [-0.4, -0.2) is 25.8 Å². The number of amides is 1. The highest BCUT2D eigenvalue weighted by Gasteiger charge is 2.19. The first-order valence-corrected chi connectivity index (χ1v) is 11.5. The fourth-order valence-electron chi connectivity index (χ4n) is 3.12. The van der Waals surface area contributed by atoms with Crippen LogP contribution in [0.3, 0.4) is 0 Å². The quantitative estimate of drug-likeness (QED) is 0.806. The molecule has 0 aromatic heterocycles. The molecule has 0 unspecified atom stereocenters. The van der Waals surface area contributed by atoms with Crippen LogP contribution in [0.1, 0.15) is 41.6 Å². The second kappa shape index (κ2) is 7.84. The Hall–Kier alpha value is -1.79. The van der Waals surface area contributed by atoms with Crippen molar-refractivity contribution < 1.29 is 13.2 Å². The van der Waals surface area contributed by atoms with E-state index in [1.165, 1.54) is 37.8 Å². The smallest absolute Gasteiger partial charge is 0.256 e. The van der Waals surface area contributed by atoms with Crippen molar-refractivity contribution in [2.24, 2.45) is 0 Å². The number of carbonyl (C=O) groups is 1. The van der Waals surface area contributed by atoms with Gasteiger partial charge in [0.15, 0.2) is 9.84 Å². The fraction of sp³-hybridized carbons (Fsp3) is 0.350. The zero-order valence-electron chi connectivity index (χ0n) is 15.0. The largest absolute Gasteiger partial charge is 0.321 e. The van der Waals surface area contributed by atoms with Crippen LogP contribution in [0.4, 0.5) is 5.69 Å². The lowest BCUT2D eigenvalue weighted by molar-refractivity contribution is 0.102. The first kappa shape index (κ1) is 19.0. The zero-order chi connectivity index (χ0) is 18.7. The first-order chi connectivity index (χ1) is 12.3. The SMILES string of the molecule is Cc1ccc(S(C)(=O)=O)cc1C(=O)Nc1ccccc1SC1CCCC1. The number of benzene rings is 2. The van der Waals surface area contributed by atoms with E-state index in [9.17, 15) is 13.2 Å². The maximum Gasteiger partial charge on any atom is 0.256 e. The van der Waals surface area contributed by atoms with Crippen LogP contribution in [-0.2, 0) is 9.84 Å². The summed E-state index contributed by atoms with van der Waals surface area (Å²) in [5.74, 6) is -0.285. The van der Waals surface area contributed by atoms with Gasteiger partial charge in [-0.25, -0.2) is 8.42 Å². The third-order valence-electron chi connectivity index (χ3n) is 4.61. The second-order valence-corrected chi connectivity index (χ2v) is 10.1. The summed E-state index contributed by atoms with van der Waals surface area (Å²) in [5.41, 5.74) is 1.91. The Bertz CT molecular complexity index is 916. The number of thioether (sulfide) groups is 1. The lowest BCUT2D eigenvalue weighted by atomic mass is 10.1. The topological polar surface area (TPSA) is 63.2 Å². The van der Waals surface area contributed by atoms with Crippen molar-refractivity contribution in [3.8, 4) is 0 Å². The Morgan fingerprint density at radius 1 is 1.12 bits per heavy atom. The molecule has 1 aliphatic rings. The number of anilines is 1.